The van der Waals surface area contributed by atoms with E-state index in [1.807, 2.05) is 74.5 Å². The van der Waals surface area contributed by atoms with Crippen molar-refractivity contribution in [3.05, 3.63) is 100 Å². The highest BCUT2D eigenvalue weighted by molar-refractivity contribution is 8.00. The van der Waals surface area contributed by atoms with E-state index in [0.29, 0.717) is 22.0 Å². The lowest BCUT2D eigenvalue weighted by Gasteiger charge is -2.32. The third kappa shape index (κ3) is 8.03. The summed E-state index contributed by atoms with van der Waals surface area (Å²) >= 11 is 14.4. The monoisotopic (exact) mass is 528 g/mol. The van der Waals surface area contributed by atoms with Gasteiger partial charge in [-0.1, -0.05) is 84.7 Å². The van der Waals surface area contributed by atoms with Crippen LogP contribution in [0.2, 0.25) is 10.0 Å². The summed E-state index contributed by atoms with van der Waals surface area (Å²) in [5.74, 6) is -0.159. The summed E-state index contributed by atoms with van der Waals surface area (Å²) in [5, 5.41) is 4.00. The molecule has 2 amide bonds. The second-order valence-electron chi connectivity index (χ2n) is 8.35. The van der Waals surface area contributed by atoms with Crippen LogP contribution in [0.4, 0.5) is 0 Å². The first-order valence-corrected chi connectivity index (χ1v) is 13.4. The lowest BCUT2D eigenvalue weighted by atomic mass is 10.0. The molecule has 4 nitrogen and oxygen atoms in total. The Hall–Kier alpha value is -2.47. The maximum Gasteiger partial charge on any atom is 0.243 e. The van der Waals surface area contributed by atoms with Crippen molar-refractivity contribution in [1.82, 2.24) is 10.2 Å². The molecular formula is C28H30Cl2N2O2S. The van der Waals surface area contributed by atoms with E-state index >= 15 is 0 Å². The fourth-order valence-electron chi connectivity index (χ4n) is 3.59. The van der Waals surface area contributed by atoms with Gasteiger partial charge in [-0.15, -0.1) is 11.8 Å². The van der Waals surface area contributed by atoms with Gasteiger partial charge >= 0.3 is 0 Å². The van der Waals surface area contributed by atoms with Crippen LogP contribution in [-0.4, -0.2) is 34.6 Å². The van der Waals surface area contributed by atoms with Crippen LogP contribution >= 0.6 is 35.0 Å². The average Bonchev–Trinajstić information content (AvgIpc) is 2.87. The van der Waals surface area contributed by atoms with Crippen LogP contribution < -0.4 is 5.32 Å². The third-order valence-electron chi connectivity index (χ3n) is 5.77. The first-order valence-electron chi connectivity index (χ1n) is 11.6. The van der Waals surface area contributed by atoms with Crippen LogP contribution in [0.1, 0.15) is 31.4 Å². The Labute approximate surface area is 222 Å². The molecule has 3 aromatic rings. The average molecular weight is 530 g/mol. The summed E-state index contributed by atoms with van der Waals surface area (Å²) in [6, 6.07) is 24.0. The second kappa shape index (κ2) is 13.6. The topological polar surface area (TPSA) is 49.4 Å². The van der Waals surface area contributed by atoms with Gasteiger partial charge in [0.1, 0.15) is 6.04 Å². The molecule has 0 unspecified atom stereocenters. The largest absolute Gasteiger partial charge is 0.352 e. The summed E-state index contributed by atoms with van der Waals surface area (Å²) in [6.45, 7) is 4.11. The van der Waals surface area contributed by atoms with Gasteiger partial charge in [0, 0.05) is 39.5 Å². The standard InChI is InChI=1S/C28H30Cl2N2O2S/c1-3-20(2)31-28(34)26(17-21-11-6-4-7-12-21)32(18-23-24(29)15-10-16-25(23)30)27(33)19-35-22-13-8-5-9-14-22/h4-16,20,26H,3,17-19H2,1-2H3,(H,31,34)/t20-,26-/m1/s1. The van der Waals surface area contributed by atoms with Crippen LogP contribution in [0.25, 0.3) is 0 Å². The van der Waals surface area contributed by atoms with Crippen molar-refractivity contribution in [3.8, 4) is 0 Å². The summed E-state index contributed by atoms with van der Waals surface area (Å²) in [7, 11) is 0. The Morgan fingerprint density at radius 1 is 0.914 bits per heavy atom. The number of hydrogen-bond donors (Lipinski definition) is 1. The van der Waals surface area contributed by atoms with Gasteiger partial charge in [0.2, 0.25) is 11.8 Å². The minimum absolute atomic E-state index is 0.0136. The molecule has 0 aliphatic heterocycles. The van der Waals surface area contributed by atoms with E-state index in [1.54, 1.807) is 23.1 Å². The molecule has 35 heavy (non-hydrogen) atoms. The van der Waals surface area contributed by atoms with Crippen molar-refractivity contribution < 1.29 is 9.59 Å². The lowest BCUT2D eigenvalue weighted by Crippen LogP contribution is -2.52. The lowest BCUT2D eigenvalue weighted by molar-refractivity contribution is -0.139. The molecule has 3 aromatic carbocycles. The van der Waals surface area contributed by atoms with Crippen LogP contribution in [0.5, 0.6) is 0 Å². The normalized spacial score (nSPS) is 12.6. The van der Waals surface area contributed by atoms with E-state index in [9.17, 15) is 9.59 Å². The van der Waals surface area contributed by atoms with Gasteiger partial charge in [-0.25, -0.2) is 0 Å². The molecule has 0 heterocycles. The SMILES string of the molecule is CC[C@@H](C)NC(=O)[C@@H](Cc1ccccc1)N(Cc1c(Cl)cccc1Cl)C(=O)CSc1ccccc1. The Morgan fingerprint density at radius 2 is 1.51 bits per heavy atom. The fraction of sp³-hybridized carbons (Fsp3) is 0.286. The molecule has 0 saturated heterocycles. The van der Waals surface area contributed by atoms with Crippen LogP contribution in [0.3, 0.4) is 0 Å². The van der Waals surface area contributed by atoms with Gasteiger partial charge in [0.25, 0.3) is 0 Å². The molecule has 0 aliphatic carbocycles. The van der Waals surface area contributed by atoms with E-state index in [2.05, 4.69) is 5.32 Å². The van der Waals surface area contributed by atoms with E-state index in [1.165, 1.54) is 11.8 Å². The fourth-order valence-corrected chi connectivity index (χ4v) is 4.92. The molecule has 0 aromatic heterocycles. The predicted octanol–water partition coefficient (Wildman–Crippen LogP) is 6.64. The van der Waals surface area contributed by atoms with Crippen molar-refractivity contribution in [3.63, 3.8) is 0 Å². The van der Waals surface area contributed by atoms with E-state index in [0.717, 1.165) is 16.9 Å². The predicted molar refractivity (Wildman–Crippen MR) is 146 cm³/mol. The van der Waals surface area contributed by atoms with Gasteiger partial charge in [0.15, 0.2) is 0 Å². The molecule has 184 valence electrons. The third-order valence-corrected chi connectivity index (χ3v) is 7.47. The van der Waals surface area contributed by atoms with Gasteiger partial charge in [-0.05, 0) is 43.2 Å². The molecule has 0 spiro atoms. The summed E-state index contributed by atoms with van der Waals surface area (Å²) in [6.07, 6.45) is 1.17. The molecule has 7 heteroatoms. The molecule has 3 rings (SSSR count). The second-order valence-corrected chi connectivity index (χ2v) is 10.2. The number of amides is 2. The number of nitrogens with zero attached hydrogens (tertiary/aromatic N) is 1. The number of benzene rings is 3. The van der Waals surface area contributed by atoms with Gasteiger partial charge in [0.05, 0.1) is 5.75 Å². The van der Waals surface area contributed by atoms with Gasteiger partial charge in [-0.3, -0.25) is 9.59 Å². The number of halogens is 2. The zero-order valence-corrected chi connectivity index (χ0v) is 22.2. The number of thioether (sulfide) groups is 1. The molecule has 1 N–H and O–H groups in total. The van der Waals surface area contributed by atoms with E-state index in [4.69, 9.17) is 23.2 Å². The molecule has 0 aliphatic rings. The molecule has 0 bridgehead atoms. The maximum absolute atomic E-state index is 13.7. The van der Waals surface area contributed by atoms with Crippen molar-refractivity contribution >= 4 is 46.8 Å². The number of rotatable bonds is 11. The molecule has 2 atom stereocenters. The molecular weight excluding hydrogens is 499 g/mol. The minimum atomic E-state index is -0.720. The number of hydrogen-bond acceptors (Lipinski definition) is 3. The number of nitrogens with one attached hydrogen (secondary N) is 1. The van der Waals surface area contributed by atoms with Crippen LogP contribution in [-0.2, 0) is 22.6 Å². The zero-order chi connectivity index (χ0) is 25.2. The zero-order valence-electron chi connectivity index (χ0n) is 19.9. The van der Waals surface area contributed by atoms with Gasteiger partial charge < -0.3 is 10.2 Å². The smallest absolute Gasteiger partial charge is 0.243 e. The quantitative estimate of drug-likeness (QED) is 0.283. The Bertz CT molecular complexity index is 1090. The van der Waals surface area contributed by atoms with Crippen molar-refractivity contribution in [2.45, 2.75) is 50.2 Å². The van der Waals surface area contributed by atoms with Crippen LogP contribution in [0, 0.1) is 0 Å². The maximum atomic E-state index is 13.7. The van der Waals surface area contributed by atoms with Crippen molar-refractivity contribution in [2.24, 2.45) is 0 Å². The Kier molecular flexibility index (Phi) is 10.5. The minimum Gasteiger partial charge on any atom is -0.352 e. The van der Waals surface area contributed by atoms with Gasteiger partial charge in [-0.2, -0.15) is 0 Å². The number of carbonyl (C=O) groups excluding carboxylic acids is 2. The first-order chi connectivity index (χ1) is 16.9. The Balaban J connectivity index is 1.96. The van der Waals surface area contributed by atoms with Crippen LogP contribution in [0.15, 0.2) is 83.8 Å². The highest BCUT2D eigenvalue weighted by Gasteiger charge is 2.31. The van der Waals surface area contributed by atoms with Crippen molar-refractivity contribution in [1.29, 1.82) is 0 Å². The highest BCUT2D eigenvalue weighted by Crippen LogP contribution is 2.28. The Morgan fingerprint density at radius 3 is 2.11 bits per heavy atom. The van der Waals surface area contributed by atoms with Crippen molar-refractivity contribution in [2.75, 3.05) is 5.75 Å². The molecule has 0 saturated carbocycles. The summed E-state index contributed by atoms with van der Waals surface area (Å²) in [4.78, 5) is 29.8. The number of carbonyl (C=O) groups is 2. The molecule has 0 radical (unpaired) electrons. The van der Waals surface area contributed by atoms with E-state index < -0.39 is 6.04 Å². The first kappa shape index (κ1) is 27.1. The summed E-state index contributed by atoms with van der Waals surface area (Å²) < 4.78 is 0. The highest BCUT2D eigenvalue weighted by atomic mass is 35.5. The van der Waals surface area contributed by atoms with E-state index in [-0.39, 0.29) is 30.2 Å². The molecule has 0 fully saturated rings. The summed E-state index contributed by atoms with van der Waals surface area (Å²) in [5.41, 5.74) is 1.60.